The zero-order valence-corrected chi connectivity index (χ0v) is 19.6. The first-order valence-corrected chi connectivity index (χ1v) is 11.5. The van der Waals surface area contributed by atoms with Gasteiger partial charge in [-0.15, -0.1) is 0 Å². The van der Waals surface area contributed by atoms with Gasteiger partial charge in [0.1, 0.15) is 17.1 Å². The minimum absolute atomic E-state index is 0.305. The van der Waals surface area contributed by atoms with Crippen molar-refractivity contribution in [3.63, 3.8) is 0 Å². The summed E-state index contributed by atoms with van der Waals surface area (Å²) in [5.74, 6) is 0.636. The Morgan fingerprint density at radius 2 is 1.72 bits per heavy atom. The van der Waals surface area contributed by atoms with E-state index in [2.05, 4.69) is 21.3 Å². The third kappa shape index (κ3) is 6.36. The van der Waals surface area contributed by atoms with Crippen LogP contribution in [0.1, 0.15) is 55.2 Å². The Morgan fingerprint density at radius 3 is 2.28 bits per heavy atom. The van der Waals surface area contributed by atoms with Crippen molar-refractivity contribution in [2.75, 3.05) is 38.2 Å². The van der Waals surface area contributed by atoms with Gasteiger partial charge < -0.3 is 19.5 Å². The van der Waals surface area contributed by atoms with Crippen LogP contribution in [0.15, 0.2) is 30.5 Å². The van der Waals surface area contributed by atoms with Crippen molar-refractivity contribution < 1.29 is 19.0 Å². The van der Waals surface area contributed by atoms with Crippen molar-refractivity contribution in [1.29, 1.82) is 0 Å². The summed E-state index contributed by atoms with van der Waals surface area (Å²) in [6, 6.07) is 8.46. The minimum Gasteiger partial charge on any atom is -0.493 e. The Balaban J connectivity index is 1.68. The lowest BCUT2D eigenvalue weighted by atomic mass is 10.0. The van der Waals surface area contributed by atoms with Crippen LogP contribution < -0.4 is 14.8 Å². The van der Waals surface area contributed by atoms with Crippen molar-refractivity contribution in [2.45, 2.75) is 53.1 Å². The molecule has 1 saturated heterocycles. The number of nitrogens with one attached hydrogen (secondary N) is 1. The lowest BCUT2D eigenvalue weighted by molar-refractivity contribution is 0.0517. The Labute approximate surface area is 191 Å². The monoisotopic (exact) mass is 441 g/mol. The molecule has 1 aliphatic heterocycles. The molecule has 1 aromatic heterocycles. The topological polar surface area (TPSA) is 72.9 Å². The third-order valence-corrected chi connectivity index (χ3v) is 5.47. The molecule has 0 unspecified atom stereocenters. The summed E-state index contributed by atoms with van der Waals surface area (Å²) in [5, 5.41) is 3.63. The molecular weight excluding hydrogens is 406 g/mol. The number of esters is 1. The molecule has 7 heteroatoms. The Hall–Kier alpha value is -2.80. The number of aryl methyl sites for hydroxylation is 1. The summed E-state index contributed by atoms with van der Waals surface area (Å²) in [4.78, 5) is 19.2. The lowest BCUT2D eigenvalue weighted by Crippen LogP contribution is -2.38. The number of aromatic nitrogens is 1. The van der Waals surface area contributed by atoms with Crippen molar-refractivity contribution in [1.82, 2.24) is 9.88 Å². The van der Waals surface area contributed by atoms with E-state index >= 15 is 0 Å². The zero-order valence-electron chi connectivity index (χ0n) is 19.6. The number of carbonyl (C=O) groups is 1. The molecule has 2 heterocycles. The van der Waals surface area contributed by atoms with Crippen molar-refractivity contribution in [3.05, 3.63) is 47.3 Å². The maximum atomic E-state index is 12.5. The average molecular weight is 442 g/mol. The number of benzene rings is 1. The number of ether oxygens (including phenoxy) is 3. The van der Waals surface area contributed by atoms with Crippen LogP contribution >= 0.6 is 0 Å². The summed E-state index contributed by atoms with van der Waals surface area (Å²) in [5.41, 5.74) is 3.60. The van der Waals surface area contributed by atoms with E-state index in [4.69, 9.17) is 14.2 Å². The smallest absolute Gasteiger partial charge is 0.345 e. The zero-order chi connectivity index (χ0) is 22.9. The molecule has 7 nitrogen and oxygen atoms in total. The second-order valence-electron chi connectivity index (χ2n) is 7.93. The molecule has 32 heavy (non-hydrogen) atoms. The number of piperidine rings is 1. The molecule has 0 saturated carbocycles. The van der Waals surface area contributed by atoms with E-state index < -0.39 is 5.97 Å². The molecule has 1 aromatic carbocycles. The average Bonchev–Trinajstić information content (AvgIpc) is 2.76. The Bertz CT molecular complexity index is 868. The van der Waals surface area contributed by atoms with E-state index in [0.717, 1.165) is 49.4 Å². The number of hydrogen-bond acceptors (Lipinski definition) is 7. The molecule has 174 valence electrons. The molecule has 0 aliphatic carbocycles. The van der Waals surface area contributed by atoms with Gasteiger partial charge in [0.05, 0.1) is 19.8 Å². The van der Waals surface area contributed by atoms with Crippen LogP contribution in [0.4, 0.5) is 5.69 Å². The first kappa shape index (κ1) is 23.9. The molecule has 0 radical (unpaired) electrons. The Kier molecular flexibility index (Phi) is 8.73. The molecule has 3 rings (SSSR count). The normalized spacial score (nSPS) is 14.8. The van der Waals surface area contributed by atoms with Crippen LogP contribution in [0.2, 0.25) is 0 Å². The van der Waals surface area contributed by atoms with E-state index in [9.17, 15) is 4.79 Å². The van der Waals surface area contributed by atoms with Gasteiger partial charge in [-0.1, -0.05) is 0 Å². The van der Waals surface area contributed by atoms with E-state index in [1.54, 1.807) is 6.92 Å². The van der Waals surface area contributed by atoms with Gasteiger partial charge in [-0.2, -0.15) is 0 Å². The standard InChI is InChI=1S/C25H35N3O4/c1-5-30-22-15-19(16-23(31-6-2)24(22)25(29)32-7-3)17-28-12-9-20(10-13-28)27-21-8-11-26-18(4)14-21/h8,11,14-16,20H,5-7,9-10,12-13,17H2,1-4H3,(H,26,27). The maximum Gasteiger partial charge on any atom is 0.345 e. The number of likely N-dealkylation sites (tertiary alicyclic amines) is 1. The van der Waals surface area contributed by atoms with Gasteiger partial charge in [-0.25, -0.2) is 4.79 Å². The highest BCUT2D eigenvalue weighted by molar-refractivity contribution is 5.96. The highest BCUT2D eigenvalue weighted by Crippen LogP contribution is 2.33. The molecule has 0 spiro atoms. The van der Waals surface area contributed by atoms with Crippen LogP contribution in [0, 0.1) is 6.92 Å². The van der Waals surface area contributed by atoms with Crippen molar-refractivity contribution >= 4 is 11.7 Å². The van der Waals surface area contributed by atoms with Gasteiger partial charge in [0, 0.05) is 43.3 Å². The second-order valence-corrected chi connectivity index (χ2v) is 7.93. The fraction of sp³-hybridized carbons (Fsp3) is 0.520. The highest BCUT2D eigenvalue weighted by Gasteiger charge is 2.24. The molecule has 0 bridgehead atoms. The first-order valence-electron chi connectivity index (χ1n) is 11.5. The van der Waals surface area contributed by atoms with E-state index in [-0.39, 0.29) is 0 Å². The van der Waals surface area contributed by atoms with Crippen LogP contribution in [-0.2, 0) is 11.3 Å². The van der Waals surface area contributed by atoms with Gasteiger partial charge in [0.2, 0.25) is 0 Å². The van der Waals surface area contributed by atoms with E-state index in [1.807, 2.05) is 45.2 Å². The summed E-state index contributed by atoms with van der Waals surface area (Å²) < 4.78 is 16.8. The number of hydrogen-bond donors (Lipinski definition) is 1. The molecule has 2 aromatic rings. The summed E-state index contributed by atoms with van der Waals surface area (Å²) in [6.45, 7) is 11.6. The number of anilines is 1. The molecule has 0 amide bonds. The SMILES string of the molecule is CCOC(=O)c1c(OCC)cc(CN2CCC(Nc3ccnc(C)c3)CC2)cc1OCC. The second kappa shape index (κ2) is 11.7. The van der Waals surface area contributed by atoms with Crippen LogP contribution in [0.5, 0.6) is 11.5 Å². The summed E-state index contributed by atoms with van der Waals surface area (Å²) in [6.07, 6.45) is 3.98. The predicted molar refractivity (Wildman–Crippen MR) is 126 cm³/mol. The van der Waals surface area contributed by atoms with Gasteiger partial charge >= 0.3 is 5.97 Å². The quantitative estimate of drug-likeness (QED) is 0.547. The van der Waals surface area contributed by atoms with Gasteiger partial charge in [-0.05, 0) is 70.4 Å². The number of rotatable bonds is 10. The number of pyridine rings is 1. The van der Waals surface area contributed by atoms with Gasteiger partial charge in [0.15, 0.2) is 0 Å². The summed E-state index contributed by atoms with van der Waals surface area (Å²) in [7, 11) is 0. The molecule has 1 N–H and O–H groups in total. The highest BCUT2D eigenvalue weighted by atomic mass is 16.5. The summed E-state index contributed by atoms with van der Waals surface area (Å²) >= 11 is 0. The number of nitrogens with zero attached hydrogens (tertiary/aromatic N) is 2. The lowest BCUT2D eigenvalue weighted by Gasteiger charge is -2.33. The van der Waals surface area contributed by atoms with Crippen LogP contribution in [-0.4, -0.2) is 54.8 Å². The van der Waals surface area contributed by atoms with Crippen molar-refractivity contribution in [3.8, 4) is 11.5 Å². The fourth-order valence-corrected chi connectivity index (χ4v) is 4.04. The third-order valence-electron chi connectivity index (χ3n) is 5.47. The predicted octanol–water partition coefficient (Wildman–Crippen LogP) is 4.44. The maximum absolute atomic E-state index is 12.5. The van der Waals surface area contributed by atoms with Crippen molar-refractivity contribution in [2.24, 2.45) is 0 Å². The largest absolute Gasteiger partial charge is 0.493 e. The van der Waals surface area contributed by atoms with Crippen LogP contribution in [0.3, 0.4) is 0 Å². The Morgan fingerprint density at radius 1 is 1.06 bits per heavy atom. The first-order chi connectivity index (χ1) is 15.5. The fourth-order valence-electron chi connectivity index (χ4n) is 4.04. The van der Waals surface area contributed by atoms with Gasteiger partial charge in [-0.3, -0.25) is 9.88 Å². The van der Waals surface area contributed by atoms with E-state index in [1.165, 1.54) is 0 Å². The molecule has 0 atom stereocenters. The van der Waals surface area contributed by atoms with Crippen LogP contribution in [0.25, 0.3) is 0 Å². The number of carbonyl (C=O) groups excluding carboxylic acids is 1. The molecular formula is C25H35N3O4. The molecule has 1 fully saturated rings. The molecule has 1 aliphatic rings. The van der Waals surface area contributed by atoms with Gasteiger partial charge in [0.25, 0.3) is 0 Å². The minimum atomic E-state index is -0.413. The van der Waals surface area contributed by atoms with E-state index in [0.29, 0.717) is 42.9 Å².